The summed E-state index contributed by atoms with van der Waals surface area (Å²) in [5, 5.41) is 2.95. The molecule has 0 aromatic heterocycles. The van der Waals surface area contributed by atoms with E-state index in [9.17, 15) is 9.59 Å². The number of nitrogens with one attached hydrogen (secondary N) is 1. The first kappa shape index (κ1) is 24.5. The topological polar surface area (TPSA) is 58.6 Å². The van der Waals surface area contributed by atoms with E-state index in [2.05, 4.69) is 17.4 Å². The quantitative estimate of drug-likeness (QED) is 0.406. The van der Waals surface area contributed by atoms with Crippen LogP contribution in [0.1, 0.15) is 55.8 Å². The van der Waals surface area contributed by atoms with Crippen LogP contribution in [0.3, 0.4) is 0 Å². The van der Waals surface area contributed by atoms with E-state index in [0.717, 1.165) is 36.8 Å². The molecule has 0 bridgehead atoms. The maximum Gasteiger partial charge on any atom is 0.265 e. The van der Waals surface area contributed by atoms with Crippen LogP contribution in [-0.4, -0.2) is 35.9 Å². The van der Waals surface area contributed by atoms with E-state index in [4.69, 9.17) is 4.74 Å². The fourth-order valence-electron chi connectivity index (χ4n) is 4.66. The van der Waals surface area contributed by atoms with Gasteiger partial charge in [-0.3, -0.25) is 9.59 Å². The van der Waals surface area contributed by atoms with Crippen molar-refractivity contribution in [2.75, 3.05) is 12.4 Å². The number of benzene rings is 3. The van der Waals surface area contributed by atoms with Crippen LogP contribution in [0.5, 0.6) is 5.75 Å². The largest absolute Gasteiger partial charge is 0.481 e. The Balaban J connectivity index is 1.43. The standard InChI is InChI=1S/C30H34N2O3/c1-3-28(35-25-20-18-23(19-21-25)22-12-6-4-7-13-22)29(33)31-27-17-11-10-16-26(27)30(34)32(2)24-14-8-5-9-15-24/h4,6-7,10-13,16-21,24,28H,3,5,8-9,14-15H2,1-2H3,(H,31,33). The molecule has 1 N–H and O–H groups in total. The molecule has 35 heavy (non-hydrogen) atoms. The number of nitrogens with zero attached hydrogens (tertiary/aromatic N) is 1. The molecule has 182 valence electrons. The van der Waals surface area contributed by atoms with Gasteiger partial charge in [0.1, 0.15) is 5.75 Å². The molecule has 0 saturated heterocycles. The Labute approximate surface area is 208 Å². The zero-order valence-electron chi connectivity index (χ0n) is 20.6. The van der Waals surface area contributed by atoms with Gasteiger partial charge in [0.15, 0.2) is 6.10 Å². The minimum absolute atomic E-state index is 0.0572. The third-order valence-electron chi connectivity index (χ3n) is 6.76. The van der Waals surface area contributed by atoms with E-state index in [1.807, 2.05) is 73.5 Å². The maximum absolute atomic E-state index is 13.3. The van der Waals surface area contributed by atoms with Crippen molar-refractivity contribution < 1.29 is 14.3 Å². The smallest absolute Gasteiger partial charge is 0.265 e. The van der Waals surface area contributed by atoms with Gasteiger partial charge in [-0.15, -0.1) is 0 Å². The normalized spacial score (nSPS) is 14.7. The van der Waals surface area contributed by atoms with E-state index in [0.29, 0.717) is 23.4 Å². The molecule has 1 atom stereocenters. The first-order chi connectivity index (χ1) is 17.1. The molecule has 1 unspecified atom stereocenters. The van der Waals surface area contributed by atoms with Crippen molar-refractivity contribution in [1.29, 1.82) is 0 Å². The Kier molecular flexibility index (Phi) is 8.19. The minimum atomic E-state index is -0.670. The number of amides is 2. The van der Waals surface area contributed by atoms with Crippen molar-refractivity contribution in [1.82, 2.24) is 4.90 Å². The van der Waals surface area contributed by atoms with Crippen molar-refractivity contribution in [3.63, 3.8) is 0 Å². The summed E-state index contributed by atoms with van der Waals surface area (Å²) in [7, 11) is 1.87. The molecule has 1 fully saturated rings. The number of hydrogen-bond donors (Lipinski definition) is 1. The predicted molar refractivity (Wildman–Crippen MR) is 141 cm³/mol. The zero-order valence-corrected chi connectivity index (χ0v) is 20.6. The fourth-order valence-corrected chi connectivity index (χ4v) is 4.66. The number of ether oxygens (including phenoxy) is 1. The summed E-state index contributed by atoms with van der Waals surface area (Å²) in [5.41, 5.74) is 3.25. The molecule has 1 saturated carbocycles. The van der Waals surface area contributed by atoms with Crippen molar-refractivity contribution in [2.24, 2.45) is 0 Å². The number of hydrogen-bond acceptors (Lipinski definition) is 3. The van der Waals surface area contributed by atoms with E-state index in [-0.39, 0.29) is 17.9 Å². The van der Waals surface area contributed by atoms with Crippen LogP contribution in [-0.2, 0) is 4.79 Å². The summed E-state index contributed by atoms with van der Waals surface area (Å²) >= 11 is 0. The van der Waals surface area contributed by atoms with Gasteiger partial charge in [-0.2, -0.15) is 0 Å². The lowest BCUT2D eigenvalue weighted by Gasteiger charge is -2.31. The Morgan fingerprint density at radius 1 is 0.886 bits per heavy atom. The average molecular weight is 471 g/mol. The summed E-state index contributed by atoms with van der Waals surface area (Å²) in [4.78, 5) is 28.2. The SMILES string of the molecule is CCC(Oc1ccc(-c2ccccc2)cc1)C(=O)Nc1ccccc1C(=O)N(C)C1CCCCC1. The first-order valence-corrected chi connectivity index (χ1v) is 12.6. The molecule has 3 aromatic rings. The molecule has 0 heterocycles. The molecule has 5 nitrogen and oxygen atoms in total. The fraction of sp³-hybridized carbons (Fsp3) is 0.333. The summed E-state index contributed by atoms with van der Waals surface area (Å²) in [5.74, 6) is 0.312. The van der Waals surface area contributed by atoms with Gasteiger partial charge in [0.2, 0.25) is 0 Å². The number of anilines is 1. The molecule has 1 aliphatic rings. The number of rotatable bonds is 8. The second-order valence-electron chi connectivity index (χ2n) is 9.15. The third kappa shape index (κ3) is 6.10. The number of carbonyl (C=O) groups is 2. The van der Waals surface area contributed by atoms with Crippen LogP contribution in [0.15, 0.2) is 78.9 Å². The van der Waals surface area contributed by atoms with Gasteiger partial charge in [-0.1, -0.05) is 80.8 Å². The highest BCUT2D eigenvalue weighted by atomic mass is 16.5. The molecule has 0 aliphatic heterocycles. The van der Waals surface area contributed by atoms with Gasteiger partial charge in [0.25, 0.3) is 11.8 Å². The lowest BCUT2D eigenvalue weighted by molar-refractivity contribution is -0.122. The predicted octanol–water partition coefficient (Wildman–Crippen LogP) is 6.55. The van der Waals surface area contributed by atoms with Crippen LogP contribution in [0, 0.1) is 0 Å². The van der Waals surface area contributed by atoms with E-state index in [1.54, 1.807) is 12.1 Å². The van der Waals surface area contributed by atoms with Gasteiger partial charge in [-0.25, -0.2) is 0 Å². The van der Waals surface area contributed by atoms with Crippen LogP contribution in [0.25, 0.3) is 11.1 Å². The third-order valence-corrected chi connectivity index (χ3v) is 6.76. The van der Waals surface area contributed by atoms with Gasteiger partial charge in [-0.05, 0) is 54.7 Å². The van der Waals surface area contributed by atoms with Crippen LogP contribution in [0.4, 0.5) is 5.69 Å². The van der Waals surface area contributed by atoms with Crippen molar-refractivity contribution in [2.45, 2.75) is 57.6 Å². The Bertz CT molecular complexity index is 1120. The molecule has 4 rings (SSSR count). The lowest BCUT2D eigenvalue weighted by Crippen LogP contribution is -2.39. The molecule has 0 radical (unpaired) electrons. The second kappa shape index (κ2) is 11.7. The van der Waals surface area contributed by atoms with Crippen LogP contribution in [0.2, 0.25) is 0 Å². The van der Waals surface area contributed by atoms with Crippen molar-refractivity contribution >= 4 is 17.5 Å². The molecular formula is C30H34N2O3. The highest BCUT2D eigenvalue weighted by Crippen LogP contribution is 2.26. The highest BCUT2D eigenvalue weighted by molar-refractivity contribution is 6.04. The molecule has 3 aromatic carbocycles. The Morgan fingerprint density at radius 2 is 1.51 bits per heavy atom. The van der Waals surface area contributed by atoms with Gasteiger partial charge < -0.3 is 15.0 Å². The van der Waals surface area contributed by atoms with E-state index >= 15 is 0 Å². The monoisotopic (exact) mass is 470 g/mol. The Morgan fingerprint density at radius 3 is 2.20 bits per heavy atom. The number of carbonyl (C=O) groups excluding carboxylic acids is 2. The first-order valence-electron chi connectivity index (χ1n) is 12.6. The highest BCUT2D eigenvalue weighted by Gasteiger charge is 2.26. The summed E-state index contributed by atoms with van der Waals surface area (Å²) in [6.07, 6.45) is 5.45. The summed E-state index contributed by atoms with van der Waals surface area (Å²) < 4.78 is 6.02. The van der Waals surface area contributed by atoms with Crippen molar-refractivity contribution in [3.05, 3.63) is 84.4 Å². The summed E-state index contributed by atoms with van der Waals surface area (Å²) in [6, 6.07) is 25.3. The van der Waals surface area contributed by atoms with Gasteiger partial charge in [0.05, 0.1) is 11.3 Å². The van der Waals surface area contributed by atoms with E-state index < -0.39 is 6.10 Å². The molecule has 2 amide bonds. The van der Waals surface area contributed by atoms with Gasteiger partial charge >= 0.3 is 0 Å². The minimum Gasteiger partial charge on any atom is -0.481 e. The molecule has 0 spiro atoms. The molecular weight excluding hydrogens is 436 g/mol. The van der Waals surface area contributed by atoms with Gasteiger partial charge in [0, 0.05) is 13.1 Å². The zero-order chi connectivity index (χ0) is 24.6. The van der Waals surface area contributed by atoms with Crippen LogP contribution < -0.4 is 10.1 Å². The second-order valence-corrected chi connectivity index (χ2v) is 9.15. The average Bonchev–Trinajstić information content (AvgIpc) is 2.92. The van der Waals surface area contributed by atoms with Crippen molar-refractivity contribution in [3.8, 4) is 16.9 Å². The Hall–Kier alpha value is -3.60. The molecule has 5 heteroatoms. The number of para-hydroxylation sites is 1. The summed E-state index contributed by atoms with van der Waals surface area (Å²) in [6.45, 7) is 1.91. The maximum atomic E-state index is 13.3. The lowest BCUT2D eigenvalue weighted by atomic mass is 9.94. The molecule has 1 aliphatic carbocycles. The van der Waals surface area contributed by atoms with E-state index in [1.165, 1.54) is 6.42 Å². The van der Waals surface area contributed by atoms with Crippen LogP contribution >= 0.6 is 0 Å².